The van der Waals surface area contributed by atoms with Crippen molar-refractivity contribution in [1.29, 1.82) is 0 Å². The quantitative estimate of drug-likeness (QED) is 0.822. The monoisotopic (exact) mass is 295 g/mol. The molecule has 110 valence electrons. The van der Waals surface area contributed by atoms with Crippen LogP contribution in [0, 0.1) is 5.82 Å². The lowest BCUT2D eigenvalue weighted by Gasteiger charge is -2.43. The van der Waals surface area contributed by atoms with E-state index in [0.29, 0.717) is 10.9 Å². The molecule has 0 amide bonds. The van der Waals surface area contributed by atoms with E-state index in [1.54, 1.807) is 17.8 Å². The minimum Gasteiger partial charge on any atom is -0.399 e. The van der Waals surface area contributed by atoms with Gasteiger partial charge in [-0.1, -0.05) is 19.3 Å². The highest BCUT2D eigenvalue weighted by Crippen LogP contribution is 2.43. The van der Waals surface area contributed by atoms with Gasteiger partial charge < -0.3 is 10.5 Å². The van der Waals surface area contributed by atoms with Crippen LogP contribution >= 0.6 is 11.8 Å². The van der Waals surface area contributed by atoms with Gasteiger partial charge in [0.1, 0.15) is 5.82 Å². The Kier molecular flexibility index (Phi) is 4.22. The fraction of sp³-hybridized carbons (Fsp3) is 0.625. The van der Waals surface area contributed by atoms with Crippen molar-refractivity contribution in [3.05, 3.63) is 24.0 Å². The normalized spacial score (nSPS) is 25.8. The Labute approximate surface area is 124 Å². The molecule has 4 heteroatoms. The molecule has 1 unspecified atom stereocenters. The first-order chi connectivity index (χ1) is 9.65. The molecule has 1 aliphatic heterocycles. The van der Waals surface area contributed by atoms with Gasteiger partial charge in [0, 0.05) is 22.4 Å². The molecule has 2 fully saturated rings. The maximum absolute atomic E-state index is 13.4. The third-order valence-corrected chi connectivity index (χ3v) is 5.65. The van der Waals surface area contributed by atoms with E-state index in [4.69, 9.17) is 10.5 Å². The number of thioether (sulfide) groups is 1. The van der Waals surface area contributed by atoms with Gasteiger partial charge in [0.25, 0.3) is 0 Å². The summed E-state index contributed by atoms with van der Waals surface area (Å²) in [5.41, 5.74) is 6.33. The molecule has 2 nitrogen and oxygen atoms in total. The van der Waals surface area contributed by atoms with Crippen LogP contribution < -0.4 is 5.73 Å². The van der Waals surface area contributed by atoms with Crippen LogP contribution in [-0.2, 0) is 4.74 Å². The van der Waals surface area contributed by atoms with Crippen molar-refractivity contribution in [2.24, 2.45) is 0 Å². The number of halogens is 1. The third kappa shape index (κ3) is 3.29. The zero-order valence-corrected chi connectivity index (χ0v) is 12.6. The average Bonchev–Trinajstić information content (AvgIpc) is 2.38. The first-order valence-corrected chi connectivity index (χ1v) is 8.40. The number of rotatable bonds is 2. The van der Waals surface area contributed by atoms with Crippen LogP contribution in [0.5, 0.6) is 0 Å². The van der Waals surface area contributed by atoms with E-state index in [-0.39, 0.29) is 11.4 Å². The Hall–Kier alpha value is -0.740. The number of hydrogen-bond acceptors (Lipinski definition) is 3. The molecular weight excluding hydrogens is 273 g/mol. The van der Waals surface area contributed by atoms with Gasteiger partial charge in [0.05, 0.1) is 5.60 Å². The molecule has 1 saturated heterocycles. The lowest BCUT2D eigenvalue weighted by atomic mass is 9.80. The fourth-order valence-corrected chi connectivity index (χ4v) is 4.84. The summed E-state index contributed by atoms with van der Waals surface area (Å²) in [7, 11) is 0. The molecule has 1 heterocycles. The molecule has 1 aliphatic carbocycles. The van der Waals surface area contributed by atoms with Gasteiger partial charge in [-0.3, -0.25) is 0 Å². The van der Waals surface area contributed by atoms with Crippen molar-refractivity contribution in [2.75, 3.05) is 12.3 Å². The van der Waals surface area contributed by atoms with Gasteiger partial charge in [0.15, 0.2) is 0 Å². The van der Waals surface area contributed by atoms with Crippen LogP contribution in [0.25, 0.3) is 0 Å². The summed E-state index contributed by atoms with van der Waals surface area (Å²) in [6, 6.07) is 4.83. The van der Waals surface area contributed by atoms with Crippen molar-refractivity contribution < 1.29 is 9.13 Å². The van der Waals surface area contributed by atoms with E-state index >= 15 is 0 Å². The number of nitrogen functional groups attached to an aromatic ring is 1. The van der Waals surface area contributed by atoms with Crippen molar-refractivity contribution in [2.45, 2.75) is 60.7 Å². The number of nitrogens with two attached hydrogens (primary N) is 1. The average molecular weight is 295 g/mol. The number of benzene rings is 1. The molecule has 2 N–H and O–H groups in total. The molecule has 1 aromatic rings. The maximum atomic E-state index is 13.4. The molecule has 1 spiro atoms. The fourth-order valence-electron chi connectivity index (χ4n) is 3.47. The van der Waals surface area contributed by atoms with Gasteiger partial charge in [-0.05, 0) is 43.9 Å². The Morgan fingerprint density at radius 3 is 2.75 bits per heavy atom. The standard InChI is InChI=1S/C16H22FNOS/c17-12-8-13(18)10-15(9-12)20-14-4-7-19-16(11-14)5-2-1-3-6-16/h8-10,14H,1-7,11,18H2. The maximum Gasteiger partial charge on any atom is 0.126 e. The summed E-state index contributed by atoms with van der Waals surface area (Å²) in [4.78, 5) is 0.945. The van der Waals surface area contributed by atoms with Crippen molar-refractivity contribution in [3.8, 4) is 0 Å². The molecule has 0 radical (unpaired) electrons. The Morgan fingerprint density at radius 1 is 1.20 bits per heavy atom. The van der Waals surface area contributed by atoms with Crippen LogP contribution in [0.3, 0.4) is 0 Å². The predicted octanol–water partition coefficient (Wildman–Crippen LogP) is 4.38. The number of hydrogen-bond donors (Lipinski definition) is 1. The van der Waals surface area contributed by atoms with Gasteiger partial charge in [0.2, 0.25) is 0 Å². The van der Waals surface area contributed by atoms with Crippen LogP contribution in [0.15, 0.2) is 23.1 Å². The summed E-state index contributed by atoms with van der Waals surface area (Å²) in [5, 5.41) is 0.517. The number of anilines is 1. The highest BCUT2D eigenvalue weighted by molar-refractivity contribution is 8.00. The molecule has 2 aliphatic rings. The second kappa shape index (κ2) is 5.94. The van der Waals surface area contributed by atoms with Crippen LogP contribution in [0.2, 0.25) is 0 Å². The summed E-state index contributed by atoms with van der Waals surface area (Å²) >= 11 is 1.76. The van der Waals surface area contributed by atoms with Gasteiger partial charge in [-0.2, -0.15) is 0 Å². The second-order valence-electron chi connectivity index (χ2n) is 6.05. The summed E-state index contributed by atoms with van der Waals surface area (Å²) in [6.07, 6.45) is 8.42. The van der Waals surface area contributed by atoms with Crippen LogP contribution in [0.1, 0.15) is 44.9 Å². The first kappa shape index (κ1) is 14.2. The van der Waals surface area contributed by atoms with Crippen LogP contribution in [0.4, 0.5) is 10.1 Å². The van der Waals surface area contributed by atoms with Gasteiger partial charge >= 0.3 is 0 Å². The van der Waals surface area contributed by atoms with E-state index in [1.807, 2.05) is 6.07 Å². The first-order valence-electron chi connectivity index (χ1n) is 7.52. The zero-order valence-electron chi connectivity index (χ0n) is 11.7. The van der Waals surface area contributed by atoms with E-state index < -0.39 is 0 Å². The Balaban J connectivity index is 1.67. The van der Waals surface area contributed by atoms with Crippen molar-refractivity contribution >= 4 is 17.4 Å². The molecule has 3 rings (SSSR count). The van der Waals surface area contributed by atoms with E-state index in [0.717, 1.165) is 24.3 Å². The number of ether oxygens (including phenoxy) is 1. The molecule has 0 bridgehead atoms. The molecule has 0 aromatic heterocycles. The Morgan fingerprint density at radius 2 is 2.00 bits per heavy atom. The van der Waals surface area contributed by atoms with Crippen LogP contribution in [-0.4, -0.2) is 17.5 Å². The lowest BCUT2D eigenvalue weighted by Crippen LogP contribution is -2.42. The highest BCUT2D eigenvalue weighted by Gasteiger charge is 2.38. The Bertz CT molecular complexity index is 448. The molecule has 1 saturated carbocycles. The molecular formula is C16H22FNOS. The molecule has 20 heavy (non-hydrogen) atoms. The van der Waals surface area contributed by atoms with E-state index in [2.05, 4.69) is 0 Å². The second-order valence-corrected chi connectivity index (χ2v) is 7.42. The topological polar surface area (TPSA) is 35.2 Å². The summed E-state index contributed by atoms with van der Waals surface area (Å²) < 4.78 is 19.5. The molecule has 1 aromatic carbocycles. The predicted molar refractivity (Wildman–Crippen MR) is 81.5 cm³/mol. The third-order valence-electron chi connectivity index (χ3n) is 4.41. The molecule has 1 atom stereocenters. The largest absolute Gasteiger partial charge is 0.399 e. The SMILES string of the molecule is Nc1cc(F)cc(SC2CCOC3(CCCCC3)C2)c1. The lowest BCUT2D eigenvalue weighted by molar-refractivity contribution is -0.0970. The van der Waals surface area contributed by atoms with E-state index in [9.17, 15) is 4.39 Å². The van der Waals surface area contributed by atoms with E-state index in [1.165, 1.54) is 38.2 Å². The van der Waals surface area contributed by atoms with Crippen molar-refractivity contribution in [1.82, 2.24) is 0 Å². The highest BCUT2D eigenvalue weighted by atomic mass is 32.2. The van der Waals surface area contributed by atoms with Gasteiger partial charge in [-0.25, -0.2) is 4.39 Å². The van der Waals surface area contributed by atoms with Gasteiger partial charge in [-0.15, -0.1) is 11.8 Å². The smallest absolute Gasteiger partial charge is 0.126 e. The zero-order chi connectivity index (χ0) is 14.0. The summed E-state index contributed by atoms with van der Waals surface area (Å²) in [5.74, 6) is -0.244. The minimum absolute atomic E-state index is 0.104. The van der Waals surface area contributed by atoms with Crippen molar-refractivity contribution in [3.63, 3.8) is 0 Å². The minimum atomic E-state index is -0.244. The summed E-state index contributed by atoms with van der Waals surface area (Å²) in [6.45, 7) is 0.836.